The summed E-state index contributed by atoms with van der Waals surface area (Å²) in [6.07, 6.45) is 1.47. The van der Waals surface area contributed by atoms with Gasteiger partial charge < -0.3 is 20.5 Å². The number of likely N-dealkylation sites (N-methyl/N-ethyl adjacent to an activating group) is 1. The molecule has 0 spiro atoms. The van der Waals surface area contributed by atoms with Gasteiger partial charge in [0.25, 0.3) is 5.56 Å². The number of nitrogens with one attached hydrogen (secondary N) is 1. The molecule has 0 fully saturated rings. The molecule has 6 heteroatoms. The first-order valence-electron chi connectivity index (χ1n) is 5.94. The molecule has 0 bridgehead atoms. The van der Waals surface area contributed by atoms with Gasteiger partial charge in [0.05, 0.1) is 0 Å². The number of aromatic nitrogens is 1. The van der Waals surface area contributed by atoms with Gasteiger partial charge in [-0.25, -0.2) is 0 Å². The van der Waals surface area contributed by atoms with E-state index < -0.39 is 0 Å². The lowest BCUT2D eigenvalue weighted by Crippen LogP contribution is -2.36. The molecule has 0 aliphatic carbocycles. The maximum absolute atomic E-state index is 11.6. The van der Waals surface area contributed by atoms with Crippen molar-refractivity contribution in [2.24, 2.45) is 0 Å². The van der Waals surface area contributed by atoms with Crippen LogP contribution in [0.3, 0.4) is 0 Å². The van der Waals surface area contributed by atoms with Gasteiger partial charge in [-0.15, -0.1) is 0 Å². The van der Waals surface area contributed by atoms with E-state index in [4.69, 9.17) is 5.73 Å². The highest BCUT2D eigenvalue weighted by Crippen LogP contribution is 1.95. The molecular formula is C12H20N4O2. The third-order valence-electron chi connectivity index (χ3n) is 2.68. The molecule has 1 heterocycles. The maximum atomic E-state index is 11.6. The highest BCUT2D eigenvalue weighted by Gasteiger charge is 2.04. The summed E-state index contributed by atoms with van der Waals surface area (Å²) in [5, 5.41) is 2.76. The predicted octanol–water partition coefficient (Wildman–Crippen LogP) is -0.502. The zero-order chi connectivity index (χ0) is 13.5. The standard InChI is InChI=1S/C12H20N4O2/c1-3-15(2)7-6-14-11(17)9-16-8-10(13)4-5-12(16)18/h4-5,8H,3,6-7,9,13H2,1-2H3,(H,14,17). The Morgan fingerprint density at radius 2 is 2.22 bits per heavy atom. The van der Waals surface area contributed by atoms with Gasteiger partial charge in [0.15, 0.2) is 0 Å². The van der Waals surface area contributed by atoms with Crippen LogP contribution >= 0.6 is 0 Å². The van der Waals surface area contributed by atoms with Crippen LogP contribution in [0, 0.1) is 0 Å². The van der Waals surface area contributed by atoms with Crippen LogP contribution in [0.15, 0.2) is 23.1 Å². The van der Waals surface area contributed by atoms with Crippen LogP contribution < -0.4 is 16.6 Å². The van der Waals surface area contributed by atoms with Gasteiger partial charge in [-0.3, -0.25) is 9.59 Å². The molecule has 18 heavy (non-hydrogen) atoms. The number of nitrogens with zero attached hydrogens (tertiary/aromatic N) is 2. The van der Waals surface area contributed by atoms with Crippen molar-refractivity contribution in [2.45, 2.75) is 13.5 Å². The molecule has 1 aromatic rings. The number of anilines is 1. The van der Waals surface area contributed by atoms with Crippen LogP contribution in [0.25, 0.3) is 0 Å². The molecule has 6 nitrogen and oxygen atoms in total. The number of rotatable bonds is 6. The second-order valence-electron chi connectivity index (χ2n) is 4.17. The smallest absolute Gasteiger partial charge is 0.251 e. The van der Waals surface area contributed by atoms with Crippen molar-refractivity contribution in [3.63, 3.8) is 0 Å². The molecule has 0 aliphatic heterocycles. The Labute approximate surface area is 106 Å². The Hall–Kier alpha value is -1.82. The van der Waals surface area contributed by atoms with Crippen molar-refractivity contribution >= 4 is 11.6 Å². The molecule has 0 unspecified atom stereocenters. The Morgan fingerprint density at radius 1 is 1.50 bits per heavy atom. The zero-order valence-electron chi connectivity index (χ0n) is 10.8. The molecule has 0 saturated heterocycles. The minimum Gasteiger partial charge on any atom is -0.398 e. The van der Waals surface area contributed by atoms with E-state index in [2.05, 4.69) is 10.2 Å². The molecule has 100 valence electrons. The SMILES string of the molecule is CCN(C)CCNC(=O)Cn1cc(N)ccc1=O. The minimum absolute atomic E-state index is 0.000285. The Kier molecular flexibility index (Phi) is 5.38. The fourth-order valence-corrected chi connectivity index (χ4v) is 1.43. The van der Waals surface area contributed by atoms with Crippen molar-refractivity contribution in [3.8, 4) is 0 Å². The topological polar surface area (TPSA) is 80.4 Å². The van der Waals surface area contributed by atoms with Crippen LogP contribution in [0.1, 0.15) is 6.92 Å². The lowest BCUT2D eigenvalue weighted by molar-refractivity contribution is -0.121. The second kappa shape index (κ2) is 6.80. The Morgan fingerprint density at radius 3 is 2.89 bits per heavy atom. The number of amides is 1. The molecule has 0 aromatic carbocycles. The average Bonchev–Trinajstić information content (AvgIpc) is 2.33. The quantitative estimate of drug-likeness (QED) is 0.715. The lowest BCUT2D eigenvalue weighted by atomic mass is 10.4. The maximum Gasteiger partial charge on any atom is 0.251 e. The molecule has 3 N–H and O–H groups in total. The van der Waals surface area contributed by atoms with Crippen LogP contribution in [0.5, 0.6) is 0 Å². The number of pyridine rings is 1. The van der Waals surface area contributed by atoms with Crippen molar-refractivity contribution in [3.05, 3.63) is 28.7 Å². The summed E-state index contributed by atoms with van der Waals surface area (Å²) in [7, 11) is 1.98. The van der Waals surface area contributed by atoms with Crippen LogP contribution in [-0.2, 0) is 11.3 Å². The van der Waals surface area contributed by atoms with E-state index in [1.165, 1.54) is 22.9 Å². The summed E-state index contributed by atoms with van der Waals surface area (Å²) >= 11 is 0. The van der Waals surface area contributed by atoms with E-state index in [9.17, 15) is 9.59 Å². The highest BCUT2D eigenvalue weighted by atomic mass is 16.2. The van der Waals surface area contributed by atoms with E-state index >= 15 is 0 Å². The lowest BCUT2D eigenvalue weighted by Gasteiger charge is -2.14. The fourth-order valence-electron chi connectivity index (χ4n) is 1.43. The van der Waals surface area contributed by atoms with Gasteiger partial charge in [-0.05, 0) is 19.7 Å². The van der Waals surface area contributed by atoms with Crippen LogP contribution in [0.2, 0.25) is 0 Å². The van der Waals surface area contributed by atoms with E-state index in [-0.39, 0.29) is 18.0 Å². The summed E-state index contributed by atoms with van der Waals surface area (Å²) in [5.74, 6) is -0.188. The second-order valence-corrected chi connectivity index (χ2v) is 4.17. The molecule has 0 saturated carbocycles. The minimum atomic E-state index is -0.231. The van der Waals surface area contributed by atoms with E-state index in [0.717, 1.165) is 13.1 Å². The van der Waals surface area contributed by atoms with Gasteiger partial charge >= 0.3 is 0 Å². The van der Waals surface area contributed by atoms with Crippen molar-refractivity contribution < 1.29 is 4.79 Å². The zero-order valence-corrected chi connectivity index (χ0v) is 10.8. The summed E-state index contributed by atoms with van der Waals surface area (Å²) in [5.41, 5.74) is 5.80. The molecule has 0 radical (unpaired) electrons. The summed E-state index contributed by atoms with van der Waals surface area (Å²) < 4.78 is 1.30. The largest absolute Gasteiger partial charge is 0.398 e. The first kappa shape index (κ1) is 14.2. The monoisotopic (exact) mass is 252 g/mol. The van der Waals surface area contributed by atoms with Crippen molar-refractivity contribution in [1.29, 1.82) is 0 Å². The average molecular weight is 252 g/mol. The first-order chi connectivity index (χ1) is 8.52. The number of carbonyl (C=O) groups excluding carboxylic acids is 1. The van der Waals surface area contributed by atoms with E-state index in [1.807, 2.05) is 14.0 Å². The van der Waals surface area contributed by atoms with Crippen LogP contribution in [0.4, 0.5) is 5.69 Å². The number of hydrogen-bond donors (Lipinski definition) is 2. The summed E-state index contributed by atoms with van der Waals surface area (Å²) in [4.78, 5) is 25.2. The third-order valence-corrected chi connectivity index (χ3v) is 2.68. The summed E-state index contributed by atoms with van der Waals surface area (Å²) in [6.45, 7) is 4.34. The molecule has 1 amide bonds. The normalized spacial score (nSPS) is 10.6. The first-order valence-corrected chi connectivity index (χ1v) is 5.94. The number of nitrogens with two attached hydrogens (primary N) is 1. The molecule has 0 aliphatic rings. The van der Waals surface area contributed by atoms with Crippen molar-refractivity contribution in [2.75, 3.05) is 32.4 Å². The fraction of sp³-hybridized carbons (Fsp3) is 0.500. The van der Waals surface area contributed by atoms with Gasteiger partial charge in [-0.1, -0.05) is 6.92 Å². The molecular weight excluding hydrogens is 232 g/mol. The molecule has 1 aromatic heterocycles. The molecule has 0 atom stereocenters. The van der Waals surface area contributed by atoms with Crippen LogP contribution in [-0.4, -0.2) is 42.1 Å². The number of carbonyl (C=O) groups is 1. The van der Waals surface area contributed by atoms with Gasteiger partial charge in [0, 0.05) is 31.0 Å². The van der Waals surface area contributed by atoms with Gasteiger partial charge in [0.1, 0.15) is 6.54 Å². The van der Waals surface area contributed by atoms with E-state index in [1.54, 1.807) is 0 Å². The van der Waals surface area contributed by atoms with Crippen molar-refractivity contribution in [1.82, 2.24) is 14.8 Å². The third kappa shape index (κ3) is 4.58. The Bertz CT molecular complexity index is 456. The summed E-state index contributed by atoms with van der Waals surface area (Å²) in [6, 6.07) is 2.88. The predicted molar refractivity (Wildman–Crippen MR) is 71.3 cm³/mol. The number of nitrogen functional groups attached to an aromatic ring is 1. The Balaban J connectivity index is 2.45. The highest BCUT2D eigenvalue weighted by molar-refractivity contribution is 5.75. The number of hydrogen-bond acceptors (Lipinski definition) is 4. The molecule has 1 rings (SSSR count). The van der Waals surface area contributed by atoms with E-state index in [0.29, 0.717) is 12.2 Å². The van der Waals surface area contributed by atoms with Gasteiger partial charge in [-0.2, -0.15) is 0 Å². The van der Waals surface area contributed by atoms with Gasteiger partial charge in [0.2, 0.25) is 5.91 Å².